The Morgan fingerprint density at radius 3 is 2.80 bits per heavy atom. The van der Waals surface area contributed by atoms with Crippen molar-refractivity contribution in [2.45, 2.75) is 26.3 Å². The van der Waals surface area contributed by atoms with Crippen LogP contribution in [0, 0.1) is 12.7 Å². The Hall–Kier alpha value is -0.930. The van der Waals surface area contributed by atoms with Gasteiger partial charge in [-0.15, -0.1) is 0 Å². The number of rotatable bonds is 5. The van der Waals surface area contributed by atoms with Crippen LogP contribution in [0.5, 0.6) is 0 Å². The third-order valence-electron chi connectivity index (χ3n) is 2.39. The highest BCUT2D eigenvalue weighted by Gasteiger charge is 2.07. The fourth-order valence-corrected chi connectivity index (χ4v) is 1.42. The smallest absolute Gasteiger partial charge is 0.126 e. The van der Waals surface area contributed by atoms with Gasteiger partial charge in [0, 0.05) is 19.3 Å². The van der Waals surface area contributed by atoms with Gasteiger partial charge in [0.2, 0.25) is 0 Å². The number of ether oxygens (including phenoxy) is 1. The van der Waals surface area contributed by atoms with E-state index in [1.54, 1.807) is 19.1 Å². The van der Waals surface area contributed by atoms with Gasteiger partial charge < -0.3 is 10.5 Å². The summed E-state index contributed by atoms with van der Waals surface area (Å²) in [6, 6.07) is 4.92. The van der Waals surface area contributed by atoms with Crippen molar-refractivity contribution in [2.24, 2.45) is 5.73 Å². The van der Waals surface area contributed by atoms with Crippen molar-refractivity contribution in [1.29, 1.82) is 0 Å². The maximum absolute atomic E-state index is 13.0. The molecule has 1 atom stereocenters. The summed E-state index contributed by atoms with van der Waals surface area (Å²) in [5.74, 6) is -0.184. The van der Waals surface area contributed by atoms with Gasteiger partial charge in [-0.1, -0.05) is 12.1 Å². The number of hydrogen-bond acceptors (Lipinski definition) is 2. The molecule has 0 fully saturated rings. The molecule has 0 saturated heterocycles. The Morgan fingerprint density at radius 2 is 2.20 bits per heavy atom. The molecule has 1 rings (SSSR count). The second-order valence-corrected chi connectivity index (χ2v) is 3.60. The van der Waals surface area contributed by atoms with Crippen molar-refractivity contribution in [1.82, 2.24) is 0 Å². The molecule has 2 N–H and O–H groups in total. The number of nitrogens with two attached hydrogens (primary N) is 1. The van der Waals surface area contributed by atoms with Gasteiger partial charge in [-0.3, -0.25) is 0 Å². The van der Waals surface area contributed by atoms with E-state index >= 15 is 0 Å². The van der Waals surface area contributed by atoms with Crippen molar-refractivity contribution in [2.75, 3.05) is 13.2 Å². The molecule has 1 unspecified atom stereocenters. The Morgan fingerprint density at radius 1 is 1.47 bits per heavy atom. The Kier molecular flexibility index (Phi) is 4.72. The van der Waals surface area contributed by atoms with Gasteiger partial charge >= 0.3 is 0 Å². The van der Waals surface area contributed by atoms with Gasteiger partial charge in [-0.05, 0) is 37.5 Å². The van der Waals surface area contributed by atoms with E-state index in [0.29, 0.717) is 18.8 Å². The van der Waals surface area contributed by atoms with E-state index in [2.05, 4.69) is 0 Å². The molecule has 0 heterocycles. The third kappa shape index (κ3) is 3.61. The van der Waals surface area contributed by atoms with E-state index in [1.807, 2.05) is 6.92 Å². The molecular weight excluding hydrogens is 193 g/mol. The van der Waals surface area contributed by atoms with E-state index in [-0.39, 0.29) is 11.9 Å². The van der Waals surface area contributed by atoms with E-state index in [0.717, 1.165) is 12.0 Å². The van der Waals surface area contributed by atoms with Crippen molar-refractivity contribution in [3.05, 3.63) is 35.1 Å². The van der Waals surface area contributed by atoms with Crippen LogP contribution in [-0.2, 0) is 4.74 Å². The maximum Gasteiger partial charge on any atom is 0.126 e. The first-order valence-corrected chi connectivity index (χ1v) is 5.24. The first kappa shape index (κ1) is 12.1. The average molecular weight is 211 g/mol. The summed E-state index contributed by atoms with van der Waals surface area (Å²) in [5, 5.41) is 0. The molecule has 2 nitrogen and oxygen atoms in total. The Bertz CT molecular complexity index is 314. The van der Waals surface area contributed by atoms with Crippen molar-refractivity contribution in [3.63, 3.8) is 0 Å². The molecule has 0 saturated carbocycles. The summed E-state index contributed by atoms with van der Waals surface area (Å²) >= 11 is 0. The van der Waals surface area contributed by atoms with Crippen molar-refractivity contribution < 1.29 is 9.13 Å². The number of aryl methyl sites for hydroxylation is 1. The number of hydrogen-bond donors (Lipinski definition) is 1. The molecule has 0 amide bonds. The SMILES string of the molecule is CCOCCC(N)c1ccc(F)c(C)c1. The summed E-state index contributed by atoms with van der Waals surface area (Å²) < 4.78 is 18.2. The fraction of sp³-hybridized carbons (Fsp3) is 0.500. The molecule has 1 aromatic carbocycles. The lowest BCUT2D eigenvalue weighted by atomic mass is 10.0. The topological polar surface area (TPSA) is 35.2 Å². The minimum Gasteiger partial charge on any atom is -0.382 e. The highest BCUT2D eigenvalue weighted by molar-refractivity contribution is 5.26. The maximum atomic E-state index is 13.0. The number of benzene rings is 1. The second kappa shape index (κ2) is 5.83. The van der Waals surface area contributed by atoms with E-state index in [9.17, 15) is 4.39 Å². The van der Waals surface area contributed by atoms with Gasteiger partial charge in [-0.2, -0.15) is 0 Å². The highest BCUT2D eigenvalue weighted by atomic mass is 19.1. The van der Waals surface area contributed by atoms with Crippen LogP contribution in [0.25, 0.3) is 0 Å². The molecule has 1 aromatic rings. The van der Waals surface area contributed by atoms with Crippen LogP contribution in [0.15, 0.2) is 18.2 Å². The lowest BCUT2D eigenvalue weighted by molar-refractivity contribution is 0.140. The minimum absolute atomic E-state index is 0.0733. The number of halogens is 1. The van der Waals surface area contributed by atoms with Gasteiger partial charge in [0.1, 0.15) is 5.82 Å². The van der Waals surface area contributed by atoms with Gasteiger partial charge in [0.05, 0.1) is 0 Å². The van der Waals surface area contributed by atoms with Gasteiger partial charge in [0.15, 0.2) is 0 Å². The van der Waals surface area contributed by atoms with E-state index in [4.69, 9.17) is 10.5 Å². The zero-order valence-electron chi connectivity index (χ0n) is 9.29. The predicted octanol–water partition coefficient (Wildman–Crippen LogP) is 2.56. The summed E-state index contributed by atoms with van der Waals surface area (Å²) in [6.07, 6.45) is 0.763. The van der Waals surface area contributed by atoms with Crippen LogP contribution in [0.3, 0.4) is 0 Å². The third-order valence-corrected chi connectivity index (χ3v) is 2.39. The Labute approximate surface area is 90.2 Å². The quantitative estimate of drug-likeness (QED) is 0.760. The molecule has 3 heteroatoms. The molecule has 0 bridgehead atoms. The predicted molar refractivity (Wildman–Crippen MR) is 59.2 cm³/mol. The summed E-state index contributed by atoms with van der Waals surface area (Å²) in [7, 11) is 0. The van der Waals surface area contributed by atoms with E-state index < -0.39 is 0 Å². The first-order valence-electron chi connectivity index (χ1n) is 5.24. The summed E-state index contributed by atoms with van der Waals surface area (Å²) in [5.41, 5.74) is 7.56. The zero-order chi connectivity index (χ0) is 11.3. The molecule has 0 radical (unpaired) electrons. The largest absolute Gasteiger partial charge is 0.382 e. The molecule has 0 aliphatic carbocycles. The lowest BCUT2D eigenvalue weighted by Crippen LogP contribution is -2.13. The molecule has 0 spiro atoms. The fourth-order valence-electron chi connectivity index (χ4n) is 1.42. The second-order valence-electron chi connectivity index (χ2n) is 3.60. The highest BCUT2D eigenvalue weighted by Crippen LogP contribution is 2.17. The normalized spacial score (nSPS) is 12.8. The molecule has 15 heavy (non-hydrogen) atoms. The van der Waals surface area contributed by atoms with E-state index in [1.165, 1.54) is 6.07 Å². The first-order chi connectivity index (χ1) is 7.15. The lowest BCUT2D eigenvalue weighted by Gasteiger charge is -2.12. The van der Waals surface area contributed by atoms with Crippen molar-refractivity contribution in [3.8, 4) is 0 Å². The van der Waals surface area contributed by atoms with Crippen LogP contribution >= 0.6 is 0 Å². The van der Waals surface area contributed by atoms with Crippen LogP contribution in [0.4, 0.5) is 4.39 Å². The molecule has 0 aliphatic rings. The van der Waals surface area contributed by atoms with Crippen LogP contribution in [0.1, 0.15) is 30.5 Å². The van der Waals surface area contributed by atoms with Gasteiger partial charge in [0.25, 0.3) is 0 Å². The molecular formula is C12H18FNO. The Balaban J connectivity index is 2.57. The summed E-state index contributed by atoms with van der Waals surface area (Å²) in [4.78, 5) is 0. The molecule has 84 valence electrons. The van der Waals surface area contributed by atoms with Crippen LogP contribution < -0.4 is 5.73 Å². The summed E-state index contributed by atoms with van der Waals surface area (Å²) in [6.45, 7) is 5.05. The van der Waals surface area contributed by atoms with Crippen molar-refractivity contribution >= 4 is 0 Å². The average Bonchev–Trinajstić information content (AvgIpc) is 2.22. The van der Waals surface area contributed by atoms with Crippen LogP contribution in [0.2, 0.25) is 0 Å². The molecule has 0 aromatic heterocycles. The standard InChI is InChI=1S/C12H18FNO/c1-3-15-7-6-12(14)10-4-5-11(13)9(2)8-10/h4-5,8,12H,3,6-7,14H2,1-2H3. The minimum atomic E-state index is -0.184. The van der Waals surface area contributed by atoms with Crippen LogP contribution in [-0.4, -0.2) is 13.2 Å². The molecule has 0 aliphatic heterocycles. The zero-order valence-corrected chi connectivity index (χ0v) is 9.29. The van der Waals surface area contributed by atoms with Gasteiger partial charge in [-0.25, -0.2) is 4.39 Å². The monoisotopic (exact) mass is 211 g/mol.